The monoisotopic (exact) mass is 441 g/mol. The second-order valence-electron chi connectivity index (χ2n) is 5.44. The average Bonchev–Trinajstić information content (AvgIpc) is 2.62. The molecular formula is C18H21BrClN3O3. The van der Waals surface area contributed by atoms with Gasteiger partial charge in [0.05, 0.1) is 23.8 Å². The largest absolute Gasteiger partial charge is 0.496 e. The average molecular weight is 443 g/mol. The van der Waals surface area contributed by atoms with Crippen LogP contribution in [0.1, 0.15) is 30.0 Å². The van der Waals surface area contributed by atoms with Gasteiger partial charge in [-0.25, -0.2) is 4.98 Å². The minimum atomic E-state index is -0.418. The van der Waals surface area contributed by atoms with Crippen LogP contribution in [0.4, 0.5) is 5.69 Å². The van der Waals surface area contributed by atoms with Crippen molar-refractivity contribution >= 4 is 38.9 Å². The van der Waals surface area contributed by atoms with E-state index in [0.29, 0.717) is 21.9 Å². The molecule has 0 atom stereocenters. The normalized spacial score (nSPS) is 9.88. The Hall–Kier alpha value is -1.99. The molecule has 26 heavy (non-hydrogen) atoms. The van der Waals surface area contributed by atoms with Crippen LogP contribution in [0.5, 0.6) is 5.75 Å². The van der Waals surface area contributed by atoms with E-state index in [-0.39, 0.29) is 5.69 Å². The molecule has 0 radical (unpaired) electrons. The molecule has 6 nitrogen and oxygen atoms in total. The Morgan fingerprint density at radius 3 is 2.62 bits per heavy atom. The number of nitro groups is 1. The third-order valence-corrected chi connectivity index (χ3v) is 4.30. The van der Waals surface area contributed by atoms with Gasteiger partial charge in [-0.2, -0.15) is 0 Å². The number of ether oxygens (including phenoxy) is 1. The Kier molecular flexibility index (Phi) is 9.23. The van der Waals surface area contributed by atoms with Crippen molar-refractivity contribution in [1.82, 2.24) is 4.98 Å². The van der Waals surface area contributed by atoms with Gasteiger partial charge < -0.3 is 10.1 Å². The van der Waals surface area contributed by atoms with Crippen LogP contribution in [0.3, 0.4) is 0 Å². The smallest absolute Gasteiger partial charge is 0.273 e. The molecule has 0 aliphatic rings. The maximum absolute atomic E-state index is 10.5. The summed E-state index contributed by atoms with van der Waals surface area (Å²) >= 11 is 8.89. The molecule has 1 aromatic carbocycles. The molecule has 0 saturated carbocycles. The molecular weight excluding hydrogens is 422 g/mol. The first-order chi connectivity index (χ1) is 12.3. The number of halogens is 2. The van der Waals surface area contributed by atoms with Crippen LogP contribution in [0.15, 0.2) is 30.5 Å². The number of benzene rings is 1. The first-order valence-corrected chi connectivity index (χ1v) is 9.41. The number of pyridine rings is 1. The van der Waals surface area contributed by atoms with Crippen LogP contribution in [0, 0.1) is 22.4 Å². The van der Waals surface area contributed by atoms with Crippen LogP contribution >= 0.6 is 27.5 Å². The van der Waals surface area contributed by atoms with Crippen LogP contribution in [-0.2, 0) is 6.42 Å². The molecule has 8 heteroatoms. The maximum Gasteiger partial charge on any atom is 0.273 e. The first kappa shape index (κ1) is 22.1. The molecule has 0 aliphatic carbocycles. The maximum atomic E-state index is 10.5. The number of alkyl halides is 1. The van der Waals surface area contributed by atoms with E-state index in [0.717, 1.165) is 29.5 Å². The summed E-state index contributed by atoms with van der Waals surface area (Å²) in [4.78, 5) is 14.0. The molecule has 2 aromatic rings. The third-order valence-electron chi connectivity index (χ3n) is 3.54. The minimum Gasteiger partial charge on any atom is -0.496 e. The van der Waals surface area contributed by atoms with E-state index >= 15 is 0 Å². The Balaban J connectivity index is 0.000000263. The summed E-state index contributed by atoms with van der Waals surface area (Å²) in [5.41, 5.74) is 3.44. The van der Waals surface area contributed by atoms with E-state index in [4.69, 9.17) is 21.7 Å². The summed E-state index contributed by atoms with van der Waals surface area (Å²) in [6.07, 6.45) is 3.50. The molecule has 1 heterocycles. The molecule has 140 valence electrons. The van der Waals surface area contributed by atoms with Crippen LogP contribution in [-0.4, -0.2) is 28.1 Å². The first-order valence-electron chi connectivity index (χ1n) is 7.91. The number of hydrogen-bond acceptors (Lipinski definition) is 5. The zero-order chi connectivity index (χ0) is 19.7. The molecule has 0 spiro atoms. The molecule has 2 rings (SSSR count). The number of nitrogens with one attached hydrogen (secondary N) is 1. The van der Waals surface area contributed by atoms with Gasteiger partial charge in [-0.1, -0.05) is 40.9 Å². The Morgan fingerprint density at radius 2 is 2.12 bits per heavy atom. The van der Waals surface area contributed by atoms with Crippen LogP contribution in [0.25, 0.3) is 0 Å². The third kappa shape index (κ3) is 6.38. The van der Waals surface area contributed by atoms with Gasteiger partial charge in [-0.15, -0.1) is 0 Å². The molecule has 1 aromatic heterocycles. The summed E-state index contributed by atoms with van der Waals surface area (Å²) in [6.45, 7) is 3.97. The number of hydrogen-bond donors (Lipinski definition) is 1. The number of aryl methyl sites for hydroxylation is 2. The zero-order valence-electron chi connectivity index (χ0n) is 14.9. The van der Waals surface area contributed by atoms with Gasteiger partial charge in [-0.05, 0) is 36.6 Å². The molecule has 1 N–H and O–H groups in total. The zero-order valence-corrected chi connectivity index (χ0v) is 17.2. The van der Waals surface area contributed by atoms with Gasteiger partial charge in [0.15, 0.2) is 0 Å². The second-order valence-corrected chi connectivity index (χ2v) is 6.39. The number of rotatable bonds is 6. The summed E-state index contributed by atoms with van der Waals surface area (Å²) in [6, 6.07) is 6.48. The van der Waals surface area contributed by atoms with Crippen molar-refractivity contribution in [1.29, 1.82) is 5.41 Å². The fourth-order valence-electron chi connectivity index (χ4n) is 2.23. The fourth-order valence-corrected chi connectivity index (χ4v) is 2.75. The van der Waals surface area contributed by atoms with Gasteiger partial charge in [0.1, 0.15) is 10.9 Å². The number of methoxy groups -OCH3 is 1. The summed E-state index contributed by atoms with van der Waals surface area (Å²) in [5, 5.41) is 19.1. The Bertz CT molecular complexity index is 784. The lowest BCUT2D eigenvalue weighted by Crippen LogP contribution is -2.03. The van der Waals surface area contributed by atoms with Crippen molar-refractivity contribution in [2.75, 3.05) is 12.4 Å². The Labute approximate surface area is 166 Å². The highest BCUT2D eigenvalue weighted by Gasteiger charge is 2.10. The van der Waals surface area contributed by atoms with E-state index in [1.54, 1.807) is 18.3 Å². The molecule has 0 bridgehead atoms. The predicted molar refractivity (Wildman–Crippen MR) is 108 cm³/mol. The summed E-state index contributed by atoms with van der Waals surface area (Å²) in [5.74, 6) is 0.598. The van der Waals surface area contributed by atoms with E-state index in [2.05, 4.69) is 27.8 Å². The lowest BCUT2D eigenvalue weighted by molar-refractivity contribution is -0.384. The Morgan fingerprint density at radius 1 is 1.42 bits per heavy atom. The SMILES string of the molecule is CCCc1ccc([N+](=O)[O-])cc1OC.Cc1cc(Cl)ncc1C(=N)CBr. The summed E-state index contributed by atoms with van der Waals surface area (Å²) < 4.78 is 5.08. The number of non-ortho nitro benzene ring substituents is 1. The standard InChI is InChI=1S/C10H13NO3.C8H8BrClN2/c1-3-4-8-5-6-9(11(12)13)7-10(8)14-2;1-5-2-8(10)12-4-6(5)7(11)3-9/h5-7H,3-4H2,1-2H3;2,4,11H,3H2,1H3. The summed E-state index contributed by atoms with van der Waals surface area (Å²) in [7, 11) is 1.53. The van der Waals surface area contributed by atoms with Gasteiger partial charge in [-0.3, -0.25) is 10.1 Å². The van der Waals surface area contributed by atoms with Crippen molar-refractivity contribution < 1.29 is 9.66 Å². The van der Waals surface area contributed by atoms with Crippen molar-refractivity contribution in [2.45, 2.75) is 26.7 Å². The van der Waals surface area contributed by atoms with Gasteiger partial charge in [0, 0.05) is 23.2 Å². The highest BCUT2D eigenvalue weighted by Crippen LogP contribution is 2.25. The van der Waals surface area contributed by atoms with E-state index in [1.807, 2.05) is 6.92 Å². The molecule has 0 aliphatic heterocycles. The molecule has 0 fully saturated rings. The topological polar surface area (TPSA) is 89.1 Å². The van der Waals surface area contributed by atoms with Gasteiger partial charge >= 0.3 is 0 Å². The van der Waals surface area contributed by atoms with E-state index in [1.165, 1.54) is 19.2 Å². The lowest BCUT2D eigenvalue weighted by atomic mass is 10.1. The van der Waals surface area contributed by atoms with Gasteiger partial charge in [0.25, 0.3) is 5.69 Å². The van der Waals surface area contributed by atoms with Crippen LogP contribution < -0.4 is 4.74 Å². The quantitative estimate of drug-likeness (QED) is 0.214. The second kappa shape index (κ2) is 10.9. The van der Waals surface area contributed by atoms with Crippen molar-refractivity contribution in [3.8, 4) is 5.75 Å². The highest BCUT2D eigenvalue weighted by molar-refractivity contribution is 9.09. The minimum absolute atomic E-state index is 0.0710. The number of aromatic nitrogens is 1. The number of nitrogens with zero attached hydrogens (tertiary/aromatic N) is 2. The van der Waals surface area contributed by atoms with Crippen molar-refractivity contribution in [3.63, 3.8) is 0 Å². The molecule has 0 saturated heterocycles. The number of nitro benzene ring substituents is 1. The molecule has 0 unspecified atom stereocenters. The van der Waals surface area contributed by atoms with Gasteiger partial charge in [0.2, 0.25) is 0 Å². The molecule has 0 amide bonds. The van der Waals surface area contributed by atoms with E-state index in [9.17, 15) is 10.1 Å². The highest BCUT2D eigenvalue weighted by atomic mass is 79.9. The van der Waals surface area contributed by atoms with E-state index < -0.39 is 4.92 Å². The lowest BCUT2D eigenvalue weighted by Gasteiger charge is -2.06. The van der Waals surface area contributed by atoms with Crippen molar-refractivity contribution in [2.24, 2.45) is 0 Å². The van der Waals surface area contributed by atoms with Crippen LogP contribution in [0.2, 0.25) is 5.15 Å². The fraction of sp³-hybridized carbons (Fsp3) is 0.333. The predicted octanol–water partition coefficient (Wildman–Crippen LogP) is 5.36. The van der Waals surface area contributed by atoms with Crippen molar-refractivity contribution in [3.05, 3.63) is 62.4 Å².